The zero-order valence-corrected chi connectivity index (χ0v) is 12.9. The van der Waals surface area contributed by atoms with Crippen molar-refractivity contribution in [2.24, 2.45) is 0 Å². The van der Waals surface area contributed by atoms with Crippen LogP contribution in [-0.2, 0) is 10.3 Å². The minimum atomic E-state index is -1.22. The van der Waals surface area contributed by atoms with Gasteiger partial charge in [-0.1, -0.05) is 18.2 Å². The predicted molar refractivity (Wildman–Crippen MR) is 88.0 cm³/mol. The smallest absolute Gasteiger partial charge is 0.340 e. The first-order valence-corrected chi connectivity index (χ1v) is 7.77. The molecule has 3 aromatic rings. The second kappa shape index (κ2) is 4.54. The Morgan fingerprint density at radius 1 is 0.760 bits per heavy atom. The summed E-state index contributed by atoms with van der Waals surface area (Å²) in [5.74, 6) is 0.520. The predicted octanol–water partition coefficient (Wildman–Crippen LogP) is 3.67. The van der Waals surface area contributed by atoms with Crippen LogP contribution in [0.15, 0.2) is 60.7 Å². The SMILES string of the molecule is O=C1OC2(c3ccc(O)cc3Oc3ccc(O)cc32)c2ccccc21. The van der Waals surface area contributed by atoms with Gasteiger partial charge < -0.3 is 19.7 Å². The highest BCUT2D eigenvalue weighted by Gasteiger charge is 2.53. The van der Waals surface area contributed by atoms with E-state index in [0.717, 1.165) is 0 Å². The molecule has 0 radical (unpaired) electrons. The minimum Gasteiger partial charge on any atom is -0.508 e. The molecule has 2 N–H and O–H groups in total. The van der Waals surface area contributed by atoms with Gasteiger partial charge in [0, 0.05) is 17.2 Å². The van der Waals surface area contributed by atoms with Crippen molar-refractivity contribution in [2.75, 3.05) is 0 Å². The van der Waals surface area contributed by atoms with Crippen molar-refractivity contribution in [3.05, 3.63) is 82.9 Å². The summed E-state index contributed by atoms with van der Waals surface area (Å²) in [6.07, 6.45) is 0. The number of carbonyl (C=O) groups excluding carboxylic acids is 1. The number of hydrogen-bond donors (Lipinski definition) is 2. The van der Waals surface area contributed by atoms with E-state index in [4.69, 9.17) is 9.47 Å². The number of aromatic hydroxyl groups is 2. The molecule has 0 bridgehead atoms. The van der Waals surface area contributed by atoms with Gasteiger partial charge in [0.2, 0.25) is 0 Å². The summed E-state index contributed by atoms with van der Waals surface area (Å²) in [4.78, 5) is 12.5. The van der Waals surface area contributed by atoms with Gasteiger partial charge in [-0.15, -0.1) is 0 Å². The molecule has 2 aliphatic heterocycles. The molecule has 0 aromatic heterocycles. The fourth-order valence-corrected chi connectivity index (χ4v) is 3.65. The first-order chi connectivity index (χ1) is 12.1. The quantitative estimate of drug-likeness (QED) is 0.614. The molecule has 0 amide bonds. The molecule has 0 fully saturated rings. The maximum absolute atomic E-state index is 12.5. The molecule has 1 atom stereocenters. The topological polar surface area (TPSA) is 76.0 Å². The lowest BCUT2D eigenvalue weighted by molar-refractivity contribution is 0.0223. The molecule has 5 nitrogen and oxygen atoms in total. The summed E-state index contributed by atoms with van der Waals surface area (Å²) in [5.41, 5.74) is 1.08. The molecule has 3 aromatic carbocycles. The molecule has 122 valence electrons. The second-order valence-corrected chi connectivity index (χ2v) is 6.08. The van der Waals surface area contributed by atoms with Gasteiger partial charge in [-0.3, -0.25) is 0 Å². The highest BCUT2D eigenvalue weighted by atomic mass is 16.6. The van der Waals surface area contributed by atoms with Crippen LogP contribution < -0.4 is 4.74 Å². The number of hydrogen-bond acceptors (Lipinski definition) is 5. The van der Waals surface area contributed by atoms with Crippen molar-refractivity contribution >= 4 is 5.97 Å². The first kappa shape index (κ1) is 13.9. The average molecular weight is 332 g/mol. The van der Waals surface area contributed by atoms with E-state index in [2.05, 4.69) is 0 Å². The van der Waals surface area contributed by atoms with Crippen molar-refractivity contribution in [1.82, 2.24) is 0 Å². The van der Waals surface area contributed by atoms with E-state index in [1.54, 1.807) is 30.3 Å². The van der Waals surface area contributed by atoms with Gasteiger partial charge in [0.05, 0.1) is 11.1 Å². The Hall–Kier alpha value is -3.47. The van der Waals surface area contributed by atoms with Gasteiger partial charge in [0.15, 0.2) is 5.60 Å². The zero-order valence-electron chi connectivity index (χ0n) is 12.9. The average Bonchev–Trinajstić information content (AvgIpc) is 2.90. The van der Waals surface area contributed by atoms with Crippen LogP contribution >= 0.6 is 0 Å². The van der Waals surface area contributed by atoms with Crippen molar-refractivity contribution in [3.8, 4) is 23.0 Å². The monoisotopic (exact) mass is 332 g/mol. The number of carbonyl (C=O) groups is 1. The fourth-order valence-electron chi connectivity index (χ4n) is 3.65. The second-order valence-electron chi connectivity index (χ2n) is 6.08. The standard InChI is InChI=1S/C20H12O5/c21-11-6-8-17-16(9-11)20(15-7-5-12(22)10-18(15)24-17)14-4-2-1-3-13(14)19(23)25-20/h1-10,21-22H. The zero-order chi connectivity index (χ0) is 17.2. The van der Waals surface area contributed by atoms with Crippen molar-refractivity contribution in [3.63, 3.8) is 0 Å². The van der Waals surface area contributed by atoms with Crippen LogP contribution in [0.4, 0.5) is 0 Å². The number of benzene rings is 3. The minimum absolute atomic E-state index is 0.0457. The van der Waals surface area contributed by atoms with E-state index in [1.165, 1.54) is 18.2 Å². The number of rotatable bonds is 0. The maximum atomic E-state index is 12.5. The lowest BCUT2D eigenvalue weighted by Crippen LogP contribution is -2.32. The summed E-state index contributed by atoms with van der Waals surface area (Å²) in [6.45, 7) is 0. The molecule has 5 rings (SSSR count). The third-order valence-corrected chi connectivity index (χ3v) is 4.68. The molecule has 1 spiro atoms. The van der Waals surface area contributed by atoms with Gasteiger partial charge in [-0.25, -0.2) is 4.79 Å². The number of ether oxygens (including phenoxy) is 2. The largest absolute Gasteiger partial charge is 0.508 e. The molecular formula is C20H12O5. The van der Waals surface area contributed by atoms with E-state index < -0.39 is 11.6 Å². The summed E-state index contributed by atoms with van der Waals surface area (Å²) in [7, 11) is 0. The Kier molecular flexibility index (Phi) is 2.53. The van der Waals surface area contributed by atoms with Gasteiger partial charge in [-0.05, 0) is 36.4 Å². The van der Waals surface area contributed by atoms with Crippen LogP contribution in [-0.4, -0.2) is 16.2 Å². The molecule has 0 aliphatic carbocycles. The lowest BCUT2D eigenvalue weighted by atomic mass is 9.77. The number of fused-ring (bicyclic) bond motifs is 6. The maximum Gasteiger partial charge on any atom is 0.340 e. The van der Waals surface area contributed by atoms with E-state index in [9.17, 15) is 15.0 Å². The van der Waals surface area contributed by atoms with Crippen LogP contribution in [0.3, 0.4) is 0 Å². The Balaban J connectivity index is 1.92. The van der Waals surface area contributed by atoms with Crippen LogP contribution in [0, 0.1) is 0 Å². The lowest BCUT2D eigenvalue weighted by Gasteiger charge is -2.36. The number of phenolic OH excluding ortho intramolecular Hbond substituents is 2. The molecular weight excluding hydrogens is 320 g/mol. The van der Waals surface area contributed by atoms with E-state index in [-0.39, 0.29) is 11.5 Å². The number of phenols is 2. The Morgan fingerprint density at radius 2 is 1.52 bits per heavy atom. The third kappa shape index (κ3) is 1.69. The van der Waals surface area contributed by atoms with Crippen molar-refractivity contribution in [1.29, 1.82) is 0 Å². The summed E-state index contributed by atoms with van der Waals surface area (Å²) < 4.78 is 11.8. The molecule has 2 aliphatic rings. The Bertz CT molecular complexity index is 1060. The molecule has 0 saturated heterocycles. The van der Waals surface area contributed by atoms with Crippen molar-refractivity contribution < 1.29 is 24.5 Å². The molecule has 5 heteroatoms. The van der Waals surface area contributed by atoms with E-state index in [1.807, 2.05) is 12.1 Å². The Labute approximate surface area is 142 Å². The van der Waals surface area contributed by atoms with Crippen LogP contribution in [0.25, 0.3) is 0 Å². The fraction of sp³-hybridized carbons (Fsp3) is 0.0500. The molecule has 2 heterocycles. The molecule has 25 heavy (non-hydrogen) atoms. The first-order valence-electron chi connectivity index (χ1n) is 7.77. The van der Waals surface area contributed by atoms with Crippen LogP contribution in [0.2, 0.25) is 0 Å². The van der Waals surface area contributed by atoms with Gasteiger partial charge in [0.25, 0.3) is 0 Å². The third-order valence-electron chi connectivity index (χ3n) is 4.68. The van der Waals surface area contributed by atoms with Crippen molar-refractivity contribution in [2.45, 2.75) is 5.60 Å². The summed E-state index contributed by atoms with van der Waals surface area (Å²) in [5, 5.41) is 19.8. The van der Waals surface area contributed by atoms with Crippen LogP contribution in [0.5, 0.6) is 23.0 Å². The summed E-state index contributed by atoms with van der Waals surface area (Å²) in [6, 6.07) is 16.5. The van der Waals surface area contributed by atoms with Crippen LogP contribution in [0.1, 0.15) is 27.0 Å². The van der Waals surface area contributed by atoms with Gasteiger partial charge in [0.1, 0.15) is 23.0 Å². The highest BCUT2D eigenvalue weighted by molar-refractivity contribution is 5.97. The normalized spacial score (nSPS) is 19.6. The van der Waals surface area contributed by atoms with Gasteiger partial charge >= 0.3 is 5.97 Å². The molecule has 1 unspecified atom stereocenters. The Morgan fingerprint density at radius 3 is 2.40 bits per heavy atom. The summed E-state index contributed by atoms with van der Waals surface area (Å²) >= 11 is 0. The highest BCUT2D eigenvalue weighted by Crippen LogP contribution is 2.56. The van der Waals surface area contributed by atoms with E-state index in [0.29, 0.717) is 33.8 Å². The molecule has 0 saturated carbocycles. The van der Waals surface area contributed by atoms with Gasteiger partial charge in [-0.2, -0.15) is 0 Å². The van der Waals surface area contributed by atoms with E-state index >= 15 is 0 Å². The number of esters is 1.